The van der Waals surface area contributed by atoms with Gasteiger partial charge < -0.3 is 5.32 Å². The molecule has 0 aliphatic heterocycles. The van der Waals surface area contributed by atoms with Crippen LogP contribution in [-0.4, -0.2) is 15.0 Å². The van der Waals surface area contributed by atoms with Gasteiger partial charge >= 0.3 is 0 Å². The van der Waals surface area contributed by atoms with Gasteiger partial charge in [-0.05, 0) is 23.7 Å². The van der Waals surface area contributed by atoms with Gasteiger partial charge in [-0.15, -0.1) is 11.3 Å². The molecule has 0 aliphatic carbocycles. The Morgan fingerprint density at radius 1 is 1.18 bits per heavy atom. The van der Waals surface area contributed by atoms with Crippen molar-refractivity contribution in [3.8, 4) is 10.6 Å². The molecule has 3 aromatic rings. The Morgan fingerprint density at radius 3 is 2.64 bits per heavy atom. The van der Waals surface area contributed by atoms with Gasteiger partial charge in [0.15, 0.2) is 0 Å². The molecule has 2 aromatic heterocycles. The van der Waals surface area contributed by atoms with Gasteiger partial charge in [0, 0.05) is 29.9 Å². The van der Waals surface area contributed by atoms with Crippen molar-refractivity contribution in [1.82, 2.24) is 15.0 Å². The van der Waals surface area contributed by atoms with Crippen molar-refractivity contribution in [2.75, 3.05) is 5.32 Å². The van der Waals surface area contributed by atoms with Crippen molar-refractivity contribution in [2.24, 2.45) is 0 Å². The molecular formula is C14H9ClF2N4S. The van der Waals surface area contributed by atoms with E-state index in [9.17, 15) is 8.78 Å². The molecule has 112 valence electrons. The lowest BCUT2D eigenvalue weighted by Gasteiger charge is -2.10. The van der Waals surface area contributed by atoms with Crippen molar-refractivity contribution in [3.05, 3.63) is 58.5 Å². The lowest BCUT2D eigenvalue weighted by Crippen LogP contribution is -2.07. The lowest BCUT2D eigenvalue weighted by atomic mass is 10.2. The zero-order valence-electron chi connectivity index (χ0n) is 11.1. The number of nitrogens with zero attached hydrogens (tertiary/aromatic N) is 3. The maximum absolute atomic E-state index is 13.7. The Kier molecular flexibility index (Phi) is 4.26. The molecule has 0 radical (unpaired) electrons. The molecule has 0 fully saturated rings. The fourth-order valence-electron chi connectivity index (χ4n) is 1.88. The minimum atomic E-state index is -0.622. The fraction of sp³-hybridized carbons (Fsp3) is 0.0714. The quantitative estimate of drug-likeness (QED) is 0.726. The Morgan fingerprint density at radius 2 is 1.95 bits per heavy atom. The number of halogens is 3. The number of anilines is 1. The second kappa shape index (κ2) is 6.33. The molecule has 0 spiro atoms. The van der Waals surface area contributed by atoms with Crippen molar-refractivity contribution < 1.29 is 8.78 Å². The first-order valence-corrected chi connectivity index (χ1v) is 7.50. The van der Waals surface area contributed by atoms with Crippen LogP contribution < -0.4 is 5.32 Å². The number of thiazole rings is 1. The third-order valence-corrected chi connectivity index (χ3v) is 3.90. The number of nitrogens with one attached hydrogen (secondary N) is 1. The van der Waals surface area contributed by atoms with Crippen LogP contribution in [0.4, 0.5) is 14.6 Å². The van der Waals surface area contributed by atoms with E-state index in [2.05, 4.69) is 20.3 Å². The zero-order valence-corrected chi connectivity index (χ0v) is 12.6. The molecule has 0 unspecified atom stereocenters. The highest BCUT2D eigenvalue weighted by Crippen LogP contribution is 2.28. The van der Waals surface area contributed by atoms with Crippen LogP contribution in [0.2, 0.25) is 5.28 Å². The lowest BCUT2D eigenvalue weighted by molar-refractivity contribution is 0.560. The van der Waals surface area contributed by atoms with E-state index in [4.69, 9.17) is 11.6 Å². The van der Waals surface area contributed by atoms with Crippen LogP contribution in [0, 0.1) is 11.6 Å². The maximum atomic E-state index is 13.7. The van der Waals surface area contributed by atoms with E-state index in [0.717, 1.165) is 0 Å². The summed E-state index contributed by atoms with van der Waals surface area (Å²) in [5.41, 5.74) is 0.554. The van der Waals surface area contributed by atoms with Crippen molar-refractivity contribution in [2.45, 2.75) is 6.54 Å². The van der Waals surface area contributed by atoms with Crippen molar-refractivity contribution in [1.29, 1.82) is 0 Å². The number of aromatic nitrogens is 3. The highest BCUT2D eigenvalue weighted by Gasteiger charge is 2.13. The van der Waals surface area contributed by atoms with Gasteiger partial charge in [0.2, 0.25) is 5.28 Å². The van der Waals surface area contributed by atoms with E-state index in [1.165, 1.54) is 35.7 Å². The van der Waals surface area contributed by atoms with Gasteiger partial charge in [0.25, 0.3) is 0 Å². The minimum absolute atomic E-state index is 0.0387. The monoisotopic (exact) mass is 338 g/mol. The molecule has 0 amide bonds. The van der Waals surface area contributed by atoms with E-state index in [1.54, 1.807) is 6.20 Å². The smallest absolute Gasteiger partial charge is 0.224 e. The van der Waals surface area contributed by atoms with Crippen LogP contribution in [0.3, 0.4) is 0 Å². The number of hydrogen-bond donors (Lipinski definition) is 1. The summed E-state index contributed by atoms with van der Waals surface area (Å²) in [6, 6.07) is 3.72. The summed E-state index contributed by atoms with van der Waals surface area (Å²) in [6.07, 6.45) is 3.17. The molecule has 0 atom stereocenters. The molecule has 22 heavy (non-hydrogen) atoms. The summed E-state index contributed by atoms with van der Waals surface area (Å²) in [5.74, 6) is -0.871. The maximum Gasteiger partial charge on any atom is 0.224 e. The molecule has 0 saturated heterocycles. The Hall–Kier alpha value is -2.12. The Bertz CT molecular complexity index is 775. The normalized spacial score (nSPS) is 10.7. The first-order chi connectivity index (χ1) is 10.6. The number of rotatable bonds is 4. The van der Waals surface area contributed by atoms with Gasteiger partial charge in [0.1, 0.15) is 22.5 Å². The van der Waals surface area contributed by atoms with E-state index >= 15 is 0 Å². The number of benzene rings is 1. The van der Waals surface area contributed by atoms with Gasteiger partial charge in [-0.3, -0.25) is 0 Å². The second-order valence-corrected chi connectivity index (χ2v) is 5.52. The van der Waals surface area contributed by atoms with Gasteiger partial charge in [0.05, 0.1) is 5.56 Å². The summed E-state index contributed by atoms with van der Waals surface area (Å²) in [5, 5.41) is 5.43. The van der Waals surface area contributed by atoms with Crippen molar-refractivity contribution in [3.63, 3.8) is 0 Å². The highest BCUT2D eigenvalue weighted by atomic mass is 35.5. The van der Waals surface area contributed by atoms with Gasteiger partial charge in [-0.25, -0.2) is 23.7 Å². The van der Waals surface area contributed by atoms with E-state index in [0.29, 0.717) is 16.4 Å². The van der Waals surface area contributed by atoms with Crippen LogP contribution in [0.25, 0.3) is 10.6 Å². The first-order valence-electron chi connectivity index (χ1n) is 6.24. The molecule has 2 heterocycles. The largest absolute Gasteiger partial charge is 0.365 e. The summed E-state index contributed by atoms with van der Waals surface area (Å²) < 4.78 is 27.3. The predicted molar refractivity (Wildman–Crippen MR) is 81.8 cm³/mol. The SMILES string of the molecule is Fc1cccc(F)c1CNc1nc(Cl)ncc1-c1nccs1. The molecule has 0 bridgehead atoms. The summed E-state index contributed by atoms with van der Waals surface area (Å²) in [7, 11) is 0. The summed E-state index contributed by atoms with van der Waals surface area (Å²) >= 11 is 7.20. The summed E-state index contributed by atoms with van der Waals surface area (Å²) in [6.45, 7) is -0.0653. The molecule has 8 heteroatoms. The molecule has 1 N–H and O–H groups in total. The number of hydrogen-bond acceptors (Lipinski definition) is 5. The van der Waals surface area contributed by atoms with Crippen LogP contribution in [0.5, 0.6) is 0 Å². The van der Waals surface area contributed by atoms with Crippen LogP contribution >= 0.6 is 22.9 Å². The third-order valence-electron chi connectivity index (χ3n) is 2.92. The molecule has 0 aliphatic rings. The highest BCUT2D eigenvalue weighted by molar-refractivity contribution is 7.13. The first kappa shape index (κ1) is 14.8. The van der Waals surface area contributed by atoms with E-state index in [1.807, 2.05) is 5.38 Å². The zero-order chi connectivity index (χ0) is 15.5. The van der Waals surface area contributed by atoms with Crippen LogP contribution in [-0.2, 0) is 6.54 Å². The Balaban J connectivity index is 1.91. The van der Waals surface area contributed by atoms with Crippen LogP contribution in [0.15, 0.2) is 36.0 Å². The molecule has 3 rings (SSSR count). The average molecular weight is 339 g/mol. The summed E-state index contributed by atoms with van der Waals surface area (Å²) in [4.78, 5) is 12.2. The molecular weight excluding hydrogens is 330 g/mol. The fourth-order valence-corrected chi connectivity index (χ4v) is 2.66. The molecule has 1 aromatic carbocycles. The average Bonchev–Trinajstić information content (AvgIpc) is 3.01. The molecule has 0 saturated carbocycles. The predicted octanol–water partition coefficient (Wildman–Crippen LogP) is 4.14. The van der Waals surface area contributed by atoms with E-state index < -0.39 is 11.6 Å². The Labute approximate surface area is 133 Å². The topological polar surface area (TPSA) is 50.7 Å². The second-order valence-electron chi connectivity index (χ2n) is 4.29. The third kappa shape index (κ3) is 3.05. The van der Waals surface area contributed by atoms with E-state index in [-0.39, 0.29) is 17.4 Å². The van der Waals surface area contributed by atoms with Gasteiger partial charge in [-0.2, -0.15) is 0 Å². The minimum Gasteiger partial charge on any atom is -0.365 e. The standard InChI is InChI=1S/C14H9ClF2N4S/c15-14-20-7-9(13-18-4-5-22-13)12(21-14)19-6-8-10(16)2-1-3-11(8)17/h1-5,7H,6H2,(H,19,20,21). The molecule has 4 nitrogen and oxygen atoms in total. The van der Waals surface area contributed by atoms with Crippen LogP contribution in [0.1, 0.15) is 5.56 Å². The van der Waals surface area contributed by atoms with Crippen molar-refractivity contribution >= 4 is 28.8 Å². The van der Waals surface area contributed by atoms with Gasteiger partial charge in [-0.1, -0.05) is 6.07 Å².